The smallest absolute Gasteiger partial charge is 0.127 e. The van der Waals surface area contributed by atoms with Crippen molar-refractivity contribution in [3.8, 4) is 5.75 Å². The first kappa shape index (κ1) is 8.59. The van der Waals surface area contributed by atoms with Crippen LogP contribution < -0.4 is 4.74 Å². The molecule has 1 aromatic rings. The first-order valence-corrected chi connectivity index (χ1v) is 3.60. The van der Waals surface area contributed by atoms with Gasteiger partial charge in [0.25, 0.3) is 0 Å². The Labute approximate surface area is 71.3 Å². The fraction of sp³-hybridized carbons (Fsp3) is 0.222. The fourth-order valence-corrected chi connectivity index (χ4v) is 1.02. The molecule has 0 heterocycles. The van der Waals surface area contributed by atoms with Crippen molar-refractivity contribution in [2.75, 3.05) is 7.11 Å². The zero-order chi connectivity index (χ0) is 8.97. The highest BCUT2D eigenvalue weighted by molar-refractivity contribution is 5.83. The van der Waals surface area contributed by atoms with Crippen LogP contribution in [0.15, 0.2) is 23.4 Å². The summed E-state index contributed by atoms with van der Waals surface area (Å²) in [5.74, 6) is 0.707. The molecule has 1 aromatic carbocycles. The maximum Gasteiger partial charge on any atom is 0.127 e. The van der Waals surface area contributed by atoms with Crippen molar-refractivity contribution in [2.45, 2.75) is 6.92 Å². The molecule has 3 nitrogen and oxygen atoms in total. The van der Waals surface area contributed by atoms with Gasteiger partial charge in [-0.3, -0.25) is 0 Å². The predicted octanol–water partition coefficient (Wildman–Crippen LogP) is 1.81. The minimum absolute atomic E-state index is 0.707. The molecule has 0 fully saturated rings. The number of hydrogen-bond donors (Lipinski definition) is 1. The van der Waals surface area contributed by atoms with Crippen molar-refractivity contribution in [1.82, 2.24) is 0 Å². The van der Waals surface area contributed by atoms with Gasteiger partial charge in [0, 0.05) is 5.56 Å². The van der Waals surface area contributed by atoms with Crippen molar-refractivity contribution in [1.29, 1.82) is 0 Å². The number of benzene rings is 1. The van der Waals surface area contributed by atoms with Gasteiger partial charge in [0.1, 0.15) is 5.75 Å². The highest BCUT2D eigenvalue weighted by atomic mass is 16.5. The van der Waals surface area contributed by atoms with E-state index >= 15 is 0 Å². The van der Waals surface area contributed by atoms with Crippen LogP contribution in [0.2, 0.25) is 0 Å². The summed E-state index contributed by atoms with van der Waals surface area (Å²) in [7, 11) is 1.58. The van der Waals surface area contributed by atoms with Gasteiger partial charge in [0.2, 0.25) is 0 Å². The zero-order valence-electron chi connectivity index (χ0n) is 7.11. The molecule has 0 radical (unpaired) electrons. The molecule has 12 heavy (non-hydrogen) atoms. The fourth-order valence-electron chi connectivity index (χ4n) is 1.02. The topological polar surface area (TPSA) is 41.8 Å². The summed E-state index contributed by atoms with van der Waals surface area (Å²) >= 11 is 0. The molecule has 0 bridgehead atoms. The van der Waals surface area contributed by atoms with E-state index < -0.39 is 0 Å². The van der Waals surface area contributed by atoms with Gasteiger partial charge in [0.15, 0.2) is 0 Å². The first-order valence-electron chi connectivity index (χ1n) is 3.60. The Hall–Kier alpha value is -1.51. The Bertz CT molecular complexity index is 295. The van der Waals surface area contributed by atoms with E-state index in [0.717, 1.165) is 11.1 Å². The third-order valence-corrected chi connectivity index (χ3v) is 1.58. The lowest BCUT2D eigenvalue weighted by molar-refractivity contribution is 0.321. The normalized spacial score (nSPS) is 10.5. The summed E-state index contributed by atoms with van der Waals surface area (Å²) < 4.78 is 5.05. The van der Waals surface area contributed by atoms with Gasteiger partial charge in [-0.25, -0.2) is 0 Å². The van der Waals surface area contributed by atoms with Gasteiger partial charge in [-0.05, 0) is 19.1 Å². The van der Waals surface area contributed by atoms with Gasteiger partial charge in [-0.1, -0.05) is 16.8 Å². The zero-order valence-corrected chi connectivity index (χ0v) is 7.11. The van der Waals surface area contributed by atoms with Gasteiger partial charge in [-0.2, -0.15) is 0 Å². The van der Waals surface area contributed by atoms with E-state index in [-0.39, 0.29) is 0 Å². The third-order valence-electron chi connectivity index (χ3n) is 1.58. The maximum absolute atomic E-state index is 8.34. The lowest BCUT2D eigenvalue weighted by Gasteiger charge is -2.03. The molecule has 64 valence electrons. The average Bonchev–Trinajstić information content (AvgIpc) is 2.05. The van der Waals surface area contributed by atoms with Crippen LogP contribution in [-0.2, 0) is 0 Å². The summed E-state index contributed by atoms with van der Waals surface area (Å²) in [5, 5.41) is 11.3. The largest absolute Gasteiger partial charge is 0.496 e. The quantitative estimate of drug-likeness (QED) is 0.412. The SMILES string of the molecule is COc1ccc(C)cc1/C=N/O. The summed E-state index contributed by atoms with van der Waals surface area (Å²) in [5.41, 5.74) is 1.88. The lowest BCUT2D eigenvalue weighted by atomic mass is 10.1. The van der Waals surface area contributed by atoms with Crippen molar-refractivity contribution in [2.24, 2.45) is 5.16 Å². The van der Waals surface area contributed by atoms with Crippen LogP contribution in [0.25, 0.3) is 0 Å². The summed E-state index contributed by atoms with van der Waals surface area (Å²) in [6, 6.07) is 5.67. The molecule has 0 aliphatic rings. The van der Waals surface area contributed by atoms with E-state index in [1.54, 1.807) is 7.11 Å². The molecule has 0 unspecified atom stereocenters. The molecule has 0 amide bonds. The minimum Gasteiger partial charge on any atom is -0.496 e. The van der Waals surface area contributed by atoms with Crippen molar-refractivity contribution >= 4 is 6.21 Å². The Kier molecular flexibility index (Phi) is 2.69. The minimum atomic E-state index is 0.707. The van der Waals surface area contributed by atoms with E-state index in [9.17, 15) is 0 Å². The number of rotatable bonds is 2. The van der Waals surface area contributed by atoms with Gasteiger partial charge >= 0.3 is 0 Å². The Morgan fingerprint density at radius 1 is 1.50 bits per heavy atom. The number of oxime groups is 1. The second kappa shape index (κ2) is 3.76. The number of ether oxygens (including phenoxy) is 1. The highest BCUT2D eigenvalue weighted by Gasteiger charge is 1.99. The van der Waals surface area contributed by atoms with Crippen LogP contribution in [0.1, 0.15) is 11.1 Å². The molecule has 1 rings (SSSR count). The van der Waals surface area contributed by atoms with Gasteiger partial charge in [0.05, 0.1) is 13.3 Å². The first-order chi connectivity index (χ1) is 5.77. The second-order valence-corrected chi connectivity index (χ2v) is 2.49. The van der Waals surface area contributed by atoms with Gasteiger partial charge in [-0.15, -0.1) is 0 Å². The maximum atomic E-state index is 8.34. The summed E-state index contributed by atoms with van der Waals surface area (Å²) in [4.78, 5) is 0. The predicted molar refractivity (Wildman–Crippen MR) is 47.1 cm³/mol. The molecule has 3 heteroatoms. The van der Waals surface area contributed by atoms with E-state index in [1.165, 1.54) is 6.21 Å². The third kappa shape index (κ3) is 1.75. The van der Waals surface area contributed by atoms with E-state index in [2.05, 4.69) is 5.16 Å². The molecule has 0 atom stereocenters. The second-order valence-electron chi connectivity index (χ2n) is 2.49. The Morgan fingerprint density at radius 2 is 2.25 bits per heavy atom. The van der Waals surface area contributed by atoms with Crippen molar-refractivity contribution in [3.05, 3.63) is 29.3 Å². The average molecular weight is 165 g/mol. The summed E-state index contributed by atoms with van der Waals surface area (Å²) in [6.45, 7) is 1.97. The van der Waals surface area contributed by atoms with E-state index in [1.807, 2.05) is 25.1 Å². The lowest BCUT2D eigenvalue weighted by Crippen LogP contribution is -1.91. The van der Waals surface area contributed by atoms with E-state index in [4.69, 9.17) is 9.94 Å². The monoisotopic (exact) mass is 165 g/mol. The molecule has 1 N–H and O–H groups in total. The van der Waals surface area contributed by atoms with Crippen LogP contribution in [0, 0.1) is 6.92 Å². The molecule has 0 aromatic heterocycles. The Morgan fingerprint density at radius 3 is 2.83 bits per heavy atom. The summed E-state index contributed by atoms with van der Waals surface area (Å²) in [6.07, 6.45) is 1.35. The molecule has 0 spiro atoms. The standard InChI is InChI=1S/C9H11NO2/c1-7-3-4-9(12-2)8(5-7)6-10-11/h3-6,11H,1-2H3/b10-6+. The molecule has 0 aliphatic carbocycles. The van der Waals surface area contributed by atoms with Crippen molar-refractivity contribution < 1.29 is 9.94 Å². The van der Waals surface area contributed by atoms with Gasteiger partial charge < -0.3 is 9.94 Å². The molecule has 0 saturated carbocycles. The molecule has 0 aliphatic heterocycles. The number of hydrogen-bond acceptors (Lipinski definition) is 3. The molecular weight excluding hydrogens is 154 g/mol. The van der Waals surface area contributed by atoms with Crippen LogP contribution in [0.3, 0.4) is 0 Å². The number of aryl methyl sites for hydroxylation is 1. The van der Waals surface area contributed by atoms with Crippen LogP contribution in [0.4, 0.5) is 0 Å². The van der Waals surface area contributed by atoms with Crippen LogP contribution in [-0.4, -0.2) is 18.5 Å². The number of nitrogens with zero attached hydrogens (tertiary/aromatic N) is 1. The number of methoxy groups -OCH3 is 1. The molecule has 0 saturated heterocycles. The molecular formula is C9H11NO2. The Balaban J connectivity index is 3.12. The van der Waals surface area contributed by atoms with Crippen LogP contribution in [0.5, 0.6) is 5.75 Å². The van der Waals surface area contributed by atoms with E-state index in [0.29, 0.717) is 5.75 Å². The van der Waals surface area contributed by atoms with Crippen molar-refractivity contribution in [3.63, 3.8) is 0 Å². The van der Waals surface area contributed by atoms with Crippen LogP contribution >= 0.6 is 0 Å². The highest BCUT2D eigenvalue weighted by Crippen LogP contribution is 2.17.